The van der Waals surface area contributed by atoms with Gasteiger partial charge in [-0.15, -0.1) is 11.3 Å². The van der Waals surface area contributed by atoms with E-state index in [9.17, 15) is 14.7 Å². The molecule has 0 radical (unpaired) electrons. The molecule has 8 nitrogen and oxygen atoms in total. The van der Waals surface area contributed by atoms with Crippen LogP contribution in [0.2, 0.25) is 0 Å². The molecule has 1 unspecified atom stereocenters. The number of hydrogen-bond acceptors (Lipinski definition) is 6. The molecule has 2 aliphatic rings. The van der Waals surface area contributed by atoms with E-state index in [1.165, 1.54) is 16.2 Å². The van der Waals surface area contributed by atoms with Crippen molar-refractivity contribution in [3.8, 4) is 17.0 Å². The molecule has 2 aromatic heterocycles. The van der Waals surface area contributed by atoms with Gasteiger partial charge >= 0.3 is 0 Å². The Morgan fingerprint density at radius 3 is 2.77 bits per heavy atom. The van der Waals surface area contributed by atoms with Crippen LogP contribution in [0.5, 0.6) is 5.75 Å². The molecule has 1 aliphatic carbocycles. The lowest BCUT2D eigenvalue weighted by Gasteiger charge is -2.15. The van der Waals surface area contributed by atoms with Crippen LogP contribution in [-0.4, -0.2) is 46.4 Å². The highest BCUT2D eigenvalue weighted by Crippen LogP contribution is 2.39. The van der Waals surface area contributed by atoms with E-state index in [2.05, 4.69) is 20.8 Å². The third kappa shape index (κ3) is 4.83. The summed E-state index contributed by atoms with van der Waals surface area (Å²) in [5, 5.41) is 24.0. The second kappa shape index (κ2) is 9.83. The number of carbonyl (C=O) groups is 2. The Morgan fingerprint density at radius 1 is 1.17 bits per heavy atom. The SMILES string of the molecule is Cc1cc(C)c(-c2cc(C(=O)Nc3sc4c(c3C(=O)NCC3CCCO3)CCCC4)[nH]n2)c(O)c1. The molecule has 2 amide bonds. The molecular weight excluding hydrogens is 464 g/mol. The number of aromatic amines is 1. The molecule has 0 spiro atoms. The van der Waals surface area contributed by atoms with Crippen LogP contribution in [-0.2, 0) is 17.6 Å². The number of nitrogens with zero attached hydrogens (tertiary/aromatic N) is 1. The van der Waals surface area contributed by atoms with Crippen LogP contribution in [0, 0.1) is 13.8 Å². The summed E-state index contributed by atoms with van der Waals surface area (Å²) in [4.78, 5) is 27.5. The molecule has 1 aliphatic heterocycles. The number of phenols is 1. The summed E-state index contributed by atoms with van der Waals surface area (Å²) in [6, 6.07) is 5.26. The number of rotatable bonds is 6. The molecular formula is C26H30N4O4S. The van der Waals surface area contributed by atoms with Crippen LogP contribution in [0.1, 0.15) is 68.1 Å². The highest BCUT2D eigenvalue weighted by Gasteiger charge is 2.28. The fraction of sp³-hybridized carbons (Fsp3) is 0.423. The number of thiophene rings is 1. The molecule has 0 saturated carbocycles. The highest BCUT2D eigenvalue weighted by molar-refractivity contribution is 7.17. The predicted octanol–water partition coefficient (Wildman–Crippen LogP) is 4.50. The minimum absolute atomic E-state index is 0.0523. The molecule has 4 N–H and O–H groups in total. The average molecular weight is 495 g/mol. The van der Waals surface area contributed by atoms with Crippen molar-refractivity contribution in [2.75, 3.05) is 18.5 Å². The lowest BCUT2D eigenvalue weighted by Crippen LogP contribution is -2.32. The molecule has 0 bridgehead atoms. The third-order valence-electron chi connectivity index (χ3n) is 6.68. The lowest BCUT2D eigenvalue weighted by atomic mass is 9.95. The van der Waals surface area contributed by atoms with Crippen LogP contribution in [0.25, 0.3) is 11.3 Å². The van der Waals surface area contributed by atoms with Crippen molar-refractivity contribution in [2.24, 2.45) is 0 Å². The Hall–Kier alpha value is -3.17. The first-order valence-corrected chi connectivity index (χ1v) is 12.9. The molecule has 1 saturated heterocycles. The number of H-pyrrole nitrogens is 1. The quantitative estimate of drug-likeness (QED) is 0.403. The summed E-state index contributed by atoms with van der Waals surface area (Å²) in [5.74, 6) is -0.419. The molecule has 5 rings (SSSR count). The van der Waals surface area contributed by atoms with Gasteiger partial charge in [-0.25, -0.2) is 0 Å². The van der Waals surface area contributed by atoms with Crippen molar-refractivity contribution in [3.05, 3.63) is 51.0 Å². The van der Waals surface area contributed by atoms with Crippen LogP contribution in [0.4, 0.5) is 5.00 Å². The van der Waals surface area contributed by atoms with Crippen molar-refractivity contribution in [1.29, 1.82) is 0 Å². The van der Waals surface area contributed by atoms with Gasteiger partial charge in [0.2, 0.25) is 0 Å². The molecule has 35 heavy (non-hydrogen) atoms. The van der Waals surface area contributed by atoms with Crippen LogP contribution in [0.3, 0.4) is 0 Å². The maximum absolute atomic E-state index is 13.2. The molecule has 9 heteroatoms. The van der Waals surface area contributed by atoms with Crippen molar-refractivity contribution in [2.45, 2.75) is 58.5 Å². The molecule has 1 fully saturated rings. The number of anilines is 1. The summed E-state index contributed by atoms with van der Waals surface area (Å²) in [6.07, 6.45) is 5.89. The zero-order valence-corrected chi connectivity index (χ0v) is 20.8. The van der Waals surface area contributed by atoms with Gasteiger partial charge in [0, 0.05) is 23.6 Å². The van der Waals surface area contributed by atoms with Gasteiger partial charge in [-0.3, -0.25) is 14.7 Å². The fourth-order valence-electron chi connectivity index (χ4n) is 5.01. The lowest BCUT2D eigenvalue weighted by molar-refractivity contribution is 0.0858. The molecule has 3 aromatic rings. The van der Waals surface area contributed by atoms with Crippen molar-refractivity contribution in [3.63, 3.8) is 0 Å². The van der Waals surface area contributed by atoms with Gasteiger partial charge in [0.05, 0.1) is 17.4 Å². The second-order valence-electron chi connectivity index (χ2n) is 9.36. The number of nitrogens with one attached hydrogen (secondary N) is 3. The summed E-state index contributed by atoms with van der Waals surface area (Å²) in [6.45, 7) is 5.02. The van der Waals surface area contributed by atoms with Crippen LogP contribution >= 0.6 is 11.3 Å². The minimum Gasteiger partial charge on any atom is -0.507 e. The molecule has 1 atom stereocenters. The van der Waals surface area contributed by atoms with E-state index in [1.807, 2.05) is 19.9 Å². The zero-order chi connectivity index (χ0) is 24.5. The Balaban J connectivity index is 1.38. The fourth-order valence-corrected chi connectivity index (χ4v) is 6.29. The minimum atomic E-state index is -0.375. The van der Waals surface area contributed by atoms with Crippen LogP contribution < -0.4 is 10.6 Å². The zero-order valence-electron chi connectivity index (χ0n) is 20.0. The van der Waals surface area contributed by atoms with E-state index in [4.69, 9.17) is 4.74 Å². The van der Waals surface area contributed by atoms with Gasteiger partial charge in [0.1, 0.15) is 16.4 Å². The van der Waals surface area contributed by atoms with E-state index < -0.39 is 0 Å². The van der Waals surface area contributed by atoms with Gasteiger partial charge < -0.3 is 20.5 Å². The Labute approximate surface area is 208 Å². The third-order valence-corrected chi connectivity index (χ3v) is 7.88. The Bertz CT molecular complexity index is 1250. The molecule has 184 valence electrons. The number of amides is 2. The van der Waals surface area contributed by atoms with Gasteiger partial charge in [-0.2, -0.15) is 5.10 Å². The number of hydrogen-bond donors (Lipinski definition) is 4. The van der Waals surface area contributed by atoms with Crippen molar-refractivity contribution in [1.82, 2.24) is 15.5 Å². The summed E-state index contributed by atoms with van der Waals surface area (Å²) < 4.78 is 5.64. The number of ether oxygens (including phenoxy) is 1. The normalized spacial score (nSPS) is 17.3. The summed E-state index contributed by atoms with van der Waals surface area (Å²) >= 11 is 1.48. The number of aromatic nitrogens is 2. The predicted molar refractivity (Wildman–Crippen MR) is 135 cm³/mol. The number of fused-ring (bicyclic) bond motifs is 1. The van der Waals surface area contributed by atoms with Crippen LogP contribution in [0.15, 0.2) is 18.2 Å². The smallest absolute Gasteiger partial charge is 0.274 e. The second-order valence-corrected chi connectivity index (χ2v) is 10.5. The standard InChI is InChI=1S/C26H30N4O4S/c1-14-10-15(2)22(20(31)11-14)18-12-19(30-29-18)24(32)28-26-23(17-7-3-4-8-21(17)35-26)25(33)27-13-16-6-5-9-34-16/h10-12,16,31H,3-9,13H2,1-2H3,(H,27,33)(H,28,32)(H,29,30). The van der Waals surface area contributed by atoms with Gasteiger partial charge in [0.25, 0.3) is 11.8 Å². The monoisotopic (exact) mass is 494 g/mol. The van der Waals surface area contributed by atoms with E-state index in [0.717, 1.165) is 61.8 Å². The number of aryl methyl sites for hydroxylation is 3. The maximum atomic E-state index is 13.2. The van der Waals surface area contributed by atoms with Crippen molar-refractivity contribution < 1.29 is 19.4 Å². The largest absolute Gasteiger partial charge is 0.507 e. The Kier molecular flexibility index (Phi) is 6.62. The molecule has 3 heterocycles. The Morgan fingerprint density at radius 2 is 2.00 bits per heavy atom. The van der Waals surface area contributed by atoms with E-state index in [1.54, 1.807) is 12.1 Å². The van der Waals surface area contributed by atoms with E-state index in [0.29, 0.717) is 28.4 Å². The maximum Gasteiger partial charge on any atom is 0.274 e. The first kappa shape index (κ1) is 23.6. The number of carbonyl (C=O) groups excluding carboxylic acids is 2. The first-order chi connectivity index (χ1) is 16.9. The highest BCUT2D eigenvalue weighted by atomic mass is 32.1. The number of benzene rings is 1. The number of aromatic hydroxyl groups is 1. The average Bonchev–Trinajstić information content (AvgIpc) is 3.56. The topological polar surface area (TPSA) is 116 Å². The van der Waals surface area contributed by atoms with E-state index >= 15 is 0 Å². The summed E-state index contributed by atoms with van der Waals surface area (Å²) in [7, 11) is 0. The van der Waals surface area contributed by atoms with Gasteiger partial charge in [-0.1, -0.05) is 6.07 Å². The van der Waals surface area contributed by atoms with Crippen molar-refractivity contribution >= 4 is 28.2 Å². The van der Waals surface area contributed by atoms with E-state index in [-0.39, 0.29) is 29.4 Å². The number of phenolic OH excluding ortho intramolecular Hbond substituents is 1. The van der Waals surface area contributed by atoms with Gasteiger partial charge in [0.15, 0.2) is 0 Å². The molecule has 1 aromatic carbocycles. The van der Waals surface area contributed by atoms with Gasteiger partial charge in [-0.05, 0) is 81.2 Å². The first-order valence-electron chi connectivity index (χ1n) is 12.1. The summed E-state index contributed by atoms with van der Waals surface area (Å²) in [5.41, 5.74) is 4.78.